The molecule has 0 aromatic carbocycles. The normalized spacial score (nSPS) is 20.6. The molecule has 0 unspecified atom stereocenters. The van der Waals surface area contributed by atoms with E-state index >= 15 is 0 Å². The van der Waals surface area contributed by atoms with E-state index in [0.29, 0.717) is 24.6 Å². The van der Waals surface area contributed by atoms with Crippen LogP contribution >= 0.6 is 0 Å². The van der Waals surface area contributed by atoms with Gasteiger partial charge < -0.3 is 5.73 Å². The van der Waals surface area contributed by atoms with Crippen LogP contribution < -0.4 is 5.73 Å². The Bertz CT molecular complexity index is 587. The van der Waals surface area contributed by atoms with Gasteiger partial charge in [0.05, 0.1) is 12.1 Å². The molecule has 0 aromatic rings. The minimum Gasteiger partial charge on any atom is -0.368 e. The first-order chi connectivity index (χ1) is 15.6. The van der Waals surface area contributed by atoms with E-state index < -0.39 is 0 Å². The van der Waals surface area contributed by atoms with Gasteiger partial charge in [0.1, 0.15) is 5.78 Å². The SMILES string of the molecule is CCCCCCCCCC(=O)C[C@H]1CC[C@@H]2C=C(CCCCCCCCC)N=C(N)N2O1. The first-order valence-corrected chi connectivity index (χ1v) is 13.7. The summed E-state index contributed by atoms with van der Waals surface area (Å²) in [6.45, 7) is 4.50. The van der Waals surface area contributed by atoms with E-state index in [1.807, 2.05) is 0 Å². The van der Waals surface area contributed by atoms with E-state index in [4.69, 9.17) is 10.6 Å². The Morgan fingerprint density at radius 1 is 0.938 bits per heavy atom. The average molecular weight is 448 g/mol. The lowest BCUT2D eigenvalue weighted by Gasteiger charge is -2.40. The number of hydrogen-bond donors (Lipinski definition) is 1. The molecule has 0 spiro atoms. The second-order valence-electron chi connectivity index (χ2n) is 9.81. The average Bonchev–Trinajstić information content (AvgIpc) is 2.78. The van der Waals surface area contributed by atoms with Gasteiger partial charge >= 0.3 is 0 Å². The molecule has 0 radical (unpaired) electrons. The molecule has 2 N–H and O–H groups in total. The molecule has 0 aromatic heterocycles. The number of carbonyl (C=O) groups excluding carboxylic acids is 1. The largest absolute Gasteiger partial charge is 0.368 e. The van der Waals surface area contributed by atoms with Crippen molar-refractivity contribution in [2.75, 3.05) is 0 Å². The van der Waals surface area contributed by atoms with Crippen LogP contribution in [0.2, 0.25) is 0 Å². The smallest absolute Gasteiger partial charge is 0.221 e. The van der Waals surface area contributed by atoms with Crippen LogP contribution in [0.3, 0.4) is 0 Å². The van der Waals surface area contributed by atoms with Gasteiger partial charge in [-0.05, 0) is 38.2 Å². The molecule has 0 saturated carbocycles. The number of hydrogen-bond acceptors (Lipinski definition) is 5. The number of fused-ring (bicyclic) bond motifs is 1. The summed E-state index contributed by atoms with van der Waals surface area (Å²) >= 11 is 0. The second-order valence-corrected chi connectivity index (χ2v) is 9.81. The third-order valence-corrected chi connectivity index (χ3v) is 6.77. The molecule has 1 fully saturated rings. The fourth-order valence-electron chi connectivity index (χ4n) is 4.77. The van der Waals surface area contributed by atoms with Crippen molar-refractivity contribution in [2.45, 2.75) is 148 Å². The van der Waals surface area contributed by atoms with Crippen molar-refractivity contribution in [1.82, 2.24) is 5.06 Å². The van der Waals surface area contributed by atoms with Crippen LogP contribution in [0, 0.1) is 0 Å². The molecular formula is C27H49N3O2. The third-order valence-electron chi connectivity index (χ3n) is 6.77. The van der Waals surface area contributed by atoms with E-state index in [1.165, 1.54) is 83.5 Å². The highest BCUT2D eigenvalue weighted by Gasteiger charge is 2.33. The van der Waals surface area contributed by atoms with Gasteiger partial charge in [0.25, 0.3) is 0 Å². The monoisotopic (exact) mass is 447 g/mol. The zero-order valence-electron chi connectivity index (χ0n) is 21.0. The lowest BCUT2D eigenvalue weighted by molar-refractivity contribution is -0.194. The molecule has 0 aliphatic carbocycles. The molecule has 2 atom stereocenters. The number of nitrogens with zero attached hydrogens (tertiary/aromatic N) is 2. The lowest BCUT2D eigenvalue weighted by Crippen LogP contribution is -2.51. The van der Waals surface area contributed by atoms with Crippen molar-refractivity contribution >= 4 is 11.7 Å². The quantitative estimate of drug-likeness (QED) is 0.225. The number of nitrogens with two attached hydrogens (primary N) is 1. The number of allylic oxidation sites excluding steroid dienone is 1. The second kappa shape index (κ2) is 16.3. The summed E-state index contributed by atoms with van der Waals surface area (Å²) in [5, 5.41) is 1.75. The van der Waals surface area contributed by atoms with Gasteiger partial charge in [-0.3, -0.25) is 9.63 Å². The predicted molar refractivity (Wildman–Crippen MR) is 134 cm³/mol. The highest BCUT2D eigenvalue weighted by atomic mass is 16.7. The Hall–Kier alpha value is -1.36. The highest BCUT2D eigenvalue weighted by Crippen LogP contribution is 2.28. The Balaban J connectivity index is 1.62. The number of rotatable bonds is 18. The summed E-state index contributed by atoms with van der Waals surface area (Å²) in [5.41, 5.74) is 7.34. The first-order valence-electron chi connectivity index (χ1n) is 13.7. The topological polar surface area (TPSA) is 67.9 Å². The van der Waals surface area contributed by atoms with Crippen LogP contribution in [0.25, 0.3) is 0 Å². The summed E-state index contributed by atoms with van der Waals surface area (Å²) < 4.78 is 0. The van der Waals surface area contributed by atoms with Crippen LogP contribution in [0.1, 0.15) is 136 Å². The number of guanidine groups is 1. The lowest BCUT2D eigenvalue weighted by atomic mass is 9.97. The molecule has 2 rings (SSSR count). The predicted octanol–water partition coefficient (Wildman–Crippen LogP) is 7.20. The summed E-state index contributed by atoms with van der Waals surface area (Å²) in [5.74, 6) is 0.782. The summed E-state index contributed by atoms with van der Waals surface area (Å²) in [6, 6.07) is 0.168. The van der Waals surface area contributed by atoms with Crippen molar-refractivity contribution in [1.29, 1.82) is 0 Å². The fourth-order valence-corrected chi connectivity index (χ4v) is 4.77. The van der Waals surface area contributed by atoms with Gasteiger partial charge in [0, 0.05) is 18.5 Å². The van der Waals surface area contributed by atoms with Gasteiger partial charge in [0.2, 0.25) is 5.96 Å². The molecule has 0 bridgehead atoms. The summed E-state index contributed by atoms with van der Waals surface area (Å²) in [4.78, 5) is 23.1. The standard InChI is InChI=1S/C27H49N3O2/c1-3-5-7-9-11-13-15-17-23-21-24-19-20-26(32-30(24)27(28)29-23)22-25(31)18-16-14-12-10-8-6-4-2/h21,24,26H,3-20,22H2,1-2H3,(H2,28,29)/t24-,26-/m1/s1. The van der Waals surface area contributed by atoms with E-state index in [1.54, 1.807) is 5.06 Å². The molecule has 5 heteroatoms. The fraction of sp³-hybridized carbons (Fsp3) is 0.852. The van der Waals surface area contributed by atoms with Crippen molar-refractivity contribution in [3.63, 3.8) is 0 Å². The van der Waals surface area contributed by atoms with Crippen molar-refractivity contribution in [3.05, 3.63) is 11.8 Å². The van der Waals surface area contributed by atoms with E-state index in [9.17, 15) is 4.79 Å². The molecule has 1 saturated heterocycles. The minimum atomic E-state index is -0.0601. The molecule has 2 aliphatic rings. The van der Waals surface area contributed by atoms with Crippen LogP contribution in [-0.2, 0) is 9.63 Å². The molecule has 5 nitrogen and oxygen atoms in total. The minimum absolute atomic E-state index is 0.0601. The Morgan fingerprint density at radius 2 is 1.53 bits per heavy atom. The van der Waals surface area contributed by atoms with Gasteiger partial charge in [0.15, 0.2) is 0 Å². The molecule has 0 amide bonds. The van der Waals surface area contributed by atoms with E-state index in [-0.39, 0.29) is 12.1 Å². The Labute approximate surface area is 197 Å². The first kappa shape index (κ1) is 26.9. The summed E-state index contributed by atoms with van der Waals surface area (Å²) in [6.07, 6.45) is 24.1. The van der Waals surface area contributed by atoms with Crippen LogP contribution in [0.4, 0.5) is 0 Å². The molecule has 32 heavy (non-hydrogen) atoms. The molecule has 2 heterocycles. The van der Waals surface area contributed by atoms with Gasteiger partial charge in [-0.15, -0.1) is 0 Å². The van der Waals surface area contributed by atoms with Gasteiger partial charge in [-0.2, -0.15) is 0 Å². The van der Waals surface area contributed by atoms with Crippen LogP contribution in [0.15, 0.2) is 16.8 Å². The molecule has 184 valence electrons. The summed E-state index contributed by atoms with van der Waals surface area (Å²) in [7, 11) is 0. The number of aliphatic imine (C=N–C) groups is 1. The number of carbonyl (C=O) groups is 1. The number of unbranched alkanes of at least 4 members (excludes halogenated alkanes) is 12. The molecular weight excluding hydrogens is 398 g/mol. The zero-order valence-corrected chi connectivity index (χ0v) is 21.0. The maximum atomic E-state index is 12.4. The number of hydroxylamine groups is 2. The van der Waals surface area contributed by atoms with E-state index in [2.05, 4.69) is 24.9 Å². The number of ketones is 1. The Morgan fingerprint density at radius 3 is 2.19 bits per heavy atom. The Kier molecular flexibility index (Phi) is 13.7. The zero-order chi connectivity index (χ0) is 23.0. The van der Waals surface area contributed by atoms with Gasteiger partial charge in [-0.1, -0.05) is 90.9 Å². The number of Topliss-reactive ketones (excluding diaryl/α,β-unsaturated/α-hetero) is 1. The van der Waals surface area contributed by atoms with E-state index in [0.717, 1.165) is 31.4 Å². The molecule has 2 aliphatic heterocycles. The van der Waals surface area contributed by atoms with Gasteiger partial charge in [-0.25, -0.2) is 10.1 Å². The maximum Gasteiger partial charge on any atom is 0.221 e. The van der Waals surface area contributed by atoms with Crippen LogP contribution in [-0.4, -0.2) is 29.0 Å². The maximum absolute atomic E-state index is 12.4. The highest BCUT2D eigenvalue weighted by molar-refractivity contribution is 5.80. The van der Waals surface area contributed by atoms with Crippen LogP contribution in [0.5, 0.6) is 0 Å². The van der Waals surface area contributed by atoms with Crippen molar-refractivity contribution < 1.29 is 9.63 Å². The third kappa shape index (κ3) is 10.5. The van der Waals surface area contributed by atoms with Crippen molar-refractivity contribution in [3.8, 4) is 0 Å². The van der Waals surface area contributed by atoms with Crippen molar-refractivity contribution in [2.24, 2.45) is 10.7 Å².